The summed E-state index contributed by atoms with van der Waals surface area (Å²) < 4.78 is 61.0. The van der Waals surface area contributed by atoms with Crippen molar-refractivity contribution in [1.29, 1.82) is 0 Å². The Kier molecular flexibility index (Phi) is 6.61. The number of alkyl halides is 3. The minimum absolute atomic E-state index is 0.0878. The number of rotatable bonds is 6. The van der Waals surface area contributed by atoms with Crippen LogP contribution in [0, 0.1) is 5.82 Å². The lowest BCUT2D eigenvalue weighted by molar-refractivity contribution is -0.243. The molecule has 0 saturated carbocycles. The molecule has 2 aromatic rings. The van der Waals surface area contributed by atoms with Gasteiger partial charge in [-0.05, 0) is 48.1 Å². The number of para-hydroxylation sites is 1. The number of hydrazine groups is 1. The summed E-state index contributed by atoms with van der Waals surface area (Å²) in [6.45, 7) is 1.65. The Balaban J connectivity index is 2.03. The molecule has 1 aliphatic heterocycles. The van der Waals surface area contributed by atoms with Gasteiger partial charge in [-0.25, -0.2) is 15.2 Å². The fourth-order valence-corrected chi connectivity index (χ4v) is 3.97. The zero-order chi connectivity index (χ0) is 23.7. The molecule has 1 amide bonds. The van der Waals surface area contributed by atoms with Crippen molar-refractivity contribution in [3.63, 3.8) is 0 Å². The van der Waals surface area contributed by atoms with Crippen LogP contribution in [0.3, 0.4) is 0 Å². The van der Waals surface area contributed by atoms with Gasteiger partial charge in [0, 0.05) is 18.1 Å². The molecule has 0 spiro atoms. The predicted octanol–water partition coefficient (Wildman–Crippen LogP) is 4.40. The summed E-state index contributed by atoms with van der Waals surface area (Å²) in [7, 11) is 1.29. The number of nitrogens with zero attached hydrogens (tertiary/aromatic N) is 1. The first-order valence-corrected chi connectivity index (χ1v) is 10.0. The third-order valence-corrected chi connectivity index (χ3v) is 5.72. The van der Waals surface area contributed by atoms with Gasteiger partial charge in [-0.2, -0.15) is 13.2 Å². The van der Waals surface area contributed by atoms with Crippen molar-refractivity contribution >= 4 is 11.6 Å². The van der Waals surface area contributed by atoms with Crippen molar-refractivity contribution in [2.75, 3.05) is 12.1 Å². The quantitative estimate of drug-likeness (QED) is 0.295. The third-order valence-electron chi connectivity index (χ3n) is 5.72. The van der Waals surface area contributed by atoms with Gasteiger partial charge in [-0.3, -0.25) is 4.79 Å². The van der Waals surface area contributed by atoms with Crippen LogP contribution in [0.15, 0.2) is 54.1 Å². The summed E-state index contributed by atoms with van der Waals surface area (Å²) in [6, 6.07) is 10.1. The van der Waals surface area contributed by atoms with E-state index in [1.165, 1.54) is 13.2 Å². The van der Waals surface area contributed by atoms with E-state index in [-0.39, 0.29) is 24.2 Å². The molecule has 3 rings (SSSR count). The first-order chi connectivity index (χ1) is 15.0. The molecule has 5 nitrogen and oxygen atoms in total. The molecule has 0 aliphatic carbocycles. The molecule has 0 bridgehead atoms. The number of ether oxygens (including phenoxy) is 1. The van der Waals surface area contributed by atoms with Crippen molar-refractivity contribution < 1.29 is 32.2 Å². The zero-order valence-corrected chi connectivity index (χ0v) is 17.6. The third kappa shape index (κ3) is 4.49. The topological polar surface area (TPSA) is 75.8 Å². The van der Waals surface area contributed by atoms with Crippen LogP contribution in [0.5, 0.6) is 5.75 Å². The monoisotopic (exact) mass is 452 g/mol. The number of carbonyl (C=O) groups is 1. The summed E-state index contributed by atoms with van der Waals surface area (Å²) >= 11 is 0. The van der Waals surface area contributed by atoms with Gasteiger partial charge in [0.15, 0.2) is 5.60 Å². The molecule has 2 atom stereocenters. The van der Waals surface area contributed by atoms with Crippen LogP contribution < -0.4 is 15.6 Å². The fraction of sp³-hybridized carbons (Fsp3) is 0.348. The average molecular weight is 452 g/mol. The number of carbonyl (C=O) groups excluding carboxylic acids is 1. The van der Waals surface area contributed by atoms with E-state index in [1.807, 2.05) is 0 Å². The Morgan fingerprint density at radius 3 is 2.56 bits per heavy atom. The molecule has 2 aromatic carbocycles. The minimum atomic E-state index is -5.07. The number of nitrogens with two attached hydrogens (primary N) is 1. The normalized spacial score (nSPS) is 18.3. The van der Waals surface area contributed by atoms with Crippen LogP contribution >= 0.6 is 0 Å². The van der Waals surface area contributed by atoms with Gasteiger partial charge in [0.1, 0.15) is 11.6 Å². The van der Waals surface area contributed by atoms with Crippen molar-refractivity contribution in [2.45, 2.75) is 43.9 Å². The largest absolute Gasteiger partial charge is 0.496 e. The highest BCUT2D eigenvalue weighted by Crippen LogP contribution is 2.44. The number of fused-ring (bicyclic) bond motifs is 1. The molecule has 9 heteroatoms. The molecule has 3 N–H and O–H groups in total. The Labute approximate surface area is 183 Å². The highest BCUT2D eigenvalue weighted by atomic mass is 19.4. The molecule has 1 heterocycles. The second kappa shape index (κ2) is 8.91. The maximum Gasteiger partial charge on any atom is 0.420 e. The molecular weight excluding hydrogens is 428 g/mol. The number of benzene rings is 2. The highest BCUT2D eigenvalue weighted by molar-refractivity contribution is 6.07. The zero-order valence-electron chi connectivity index (χ0n) is 17.6. The number of anilines is 1. The lowest BCUT2D eigenvalue weighted by atomic mass is 9.81. The SMILES string of the molecule is CCC(CC(O)(C=C1Cc2ccccc2N(N)C1=O)C(F)(F)F)c1ccc(F)cc1OC. The minimum Gasteiger partial charge on any atom is -0.496 e. The van der Waals surface area contributed by atoms with Crippen LogP contribution in [0.4, 0.5) is 23.2 Å². The lowest BCUT2D eigenvalue weighted by Crippen LogP contribution is -2.47. The summed E-state index contributed by atoms with van der Waals surface area (Å²) in [6.07, 6.45) is -5.18. The second-order valence-electron chi connectivity index (χ2n) is 7.77. The van der Waals surface area contributed by atoms with Crippen molar-refractivity contribution in [3.05, 3.63) is 71.1 Å². The highest BCUT2D eigenvalue weighted by Gasteiger charge is 2.54. The van der Waals surface area contributed by atoms with E-state index in [2.05, 4.69) is 0 Å². The van der Waals surface area contributed by atoms with Gasteiger partial charge < -0.3 is 9.84 Å². The van der Waals surface area contributed by atoms with E-state index >= 15 is 0 Å². The van der Waals surface area contributed by atoms with Gasteiger partial charge in [-0.15, -0.1) is 0 Å². The summed E-state index contributed by atoms with van der Waals surface area (Å²) in [4.78, 5) is 12.6. The number of halogens is 4. The maximum atomic E-state index is 14.1. The Morgan fingerprint density at radius 1 is 1.25 bits per heavy atom. The molecule has 0 aromatic heterocycles. The molecule has 32 heavy (non-hydrogen) atoms. The number of aliphatic hydroxyl groups is 1. The number of amides is 1. The first-order valence-electron chi connectivity index (χ1n) is 10.0. The Bertz CT molecular complexity index is 1040. The molecule has 1 aliphatic rings. The van der Waals surface area contributed by atoms with Crippen LogP contribution in [0.25, 0.3) is 0 Å². The van der Waals surface area contributed by atoms with Crippen LogP contribution in [-0.4, -0.2) is 29.9 Å². The Morgan fingerprint density at radius 2 is 1.94 bits per heavy atom. The molecule has 0 fully saturated rings. The predicted molar refractivity (Wildman–Crippen MR) is 112 cm³/mol. The molecule has 2 unspecified atom stereocenters. The molecule has 0 saturated heterocycles. The summed E-state index contributed by atoms with van der Waals surface area (Å²) in [5.74, 6) is 3.65. The first kappa shape index (κ1) is 23.7. The van der Waals surface area contributed by atoms with E-state index in [9.17, 15) is 27.5 Å². The average Bonchev–Trinajstić information content (AvgIpc) is 2.75. The van der Waals surface area contributed by atoms with E-state index in [1.54, 1.807) is 31.2 Å². The second-order valence-corrected chi connectivity index (χ2v) is 7.77. The van der Waals surface area contributed by atoms with Crippen LogP contribution in [0.2, 0.25) is 0 Å². The van der Waals surface area contributed by atoms with Gasteiger partial charge in [0.2, 0.25) is 0 Å². The van der Waals surface area contributed by atoms with E-state index in [0.29, 0.717) is 22.9 Å². The van der Waals surface area contributed by atoms with Gasteiger partial charge in [-0.1, -0.05) is 31.2 Å². The van der Waals surface area contributed by atoms with Gasteiger partial charge >= 0.3 is 6.18 Å². The molecule has 0 radical (unpaired) electrons. The number of methoxy groups -OCH3 is 1. The summed E-state index contributed by atoms with van der Waals surface area (Å²) in [5.41, 5.74) is -2.28. The Hall–Kier alpha value is -2.91. The molecular formula is C23H24F4N2O3. The van der Waals surface area contributed by atoms with Gasteiger partial charge in [0.05, 0.1) is 12.8 Å². The van der Waals surface area contributed by atoms with Crippen molar-refractivity contribution in [2.24, 2.45) is 5.84 Å². The fourth-order valence-electron chi connectivity index (χ4n) is 3.97. The van der Waals surface area contributed by atoms with Crippen LogP contribution in [0.1, 0.15) is 36.8 Å². The molecule has 172 valence electrons. The van der Waals surface area contributed by atoms with Crippen molar-refractivity contribution in [3.8, 4) is 5.75 Å². The van der Waals surface area contributed by atoms with Crippen LogP contribution in [-0.2, 0) is 11.2 Å². The standard InChI is InChI=1S/C23H24F4N2O3/c1-3-14(18-9-8-17(24)11-20(18)32-2)12-22(31,23(25,26)27)13-16-10-15-6-4-5-7-19(15)29(28)21(16)30/h4-9,11,13-14,31H,3,10,12,28H2,1-2H3. The van der Waals surface area contributed by atoms with Gasteiger partial charge in [0.25, 0.3) is 5.91 Å². The van der Waals surface area contributed by atoms with E-state index < -0.39 is 35.8 Å². The lowest BCUT2D eigenvalue weighted by Gasteiger charge is -2.34. The van der Waals surface area contributed by atoms with E-state index in [4.69, 9.17) is 10.6 Å². The summed E-state index contributed by atoms with van der Waals surface area (Å²) in [5, 5.41) is 11.6. The number of hydrogen-bond donors (Lipinski definition) is 2. The smallest absolute Gasteiger partial charge is 0.420 e. The number of hydrogen-bond acceptors (Lipinski definition) is 4. The van der Waals surface area contributed by atoms with Crippen molar-refractivity contribution in [1.82, 2.24) is 0 Å². The van der Waals surface area contributed by atoms with E-state index in [0.717, 1.165) is 17.1 Å². The maximum absolute atomic E-state index is 14.1.